The van der Waals surface area contributed by atoms with Crippen molar-refractivity contribution < 1.29 is 9.47 Å². The van der Waals surface area contributed by atoms with Crippen molar-refractivity contribution in [2.24, 2.45) is 0 Å². The molecule has 0 atom stereocenters. The van der Waals surface area contributed by atoms with Crippen molar-refractivity contribution in [3.63, 3.8) is 0 Å². The zero-order valence-electron chi connectivity index (χ0n) is 9.00. The Morgan fingerprint density at radius 2 is 1.73 bits per heavy atom. The highest BCUT2D eigenvalue weighted by molar-refractivity contribution is 9.09. The Labute approximate surface area is 99.0 Å². The Morgan fingerprint density at radius 1 is 1.13 bits per heavy atom. The van der Waals surface area contributed by atoms with E-state index >= 15 is 0 Å². The van der Waals surface area contributed by atoms with E-state index in [0.717, 1.165) is 28.8 Å². The molecule has 0 saturated carbocycles. The number of hydrogen-bond donors (Lipinski definition) is 0. The van der Waals surface area contributed by atoms with E-state index < -0.39 is 0 Å². The Bertz CT molecular complexity index is 312. The third kappa shape index (κ3) is 3.96. The fourth-order valence-electron chi connectivity index (χ4n) is 1.21. The Morgan fingerprint density at radius 3 is 2.20 bits per heavy atom. The maximum Gasteiger partial charge on any atom is 0.123 e. The van der Waals surface area contributed by atoms with E-state index in [2.05, 4.69) is 28.1 Å². The quantitative estimate of drug-likeness (QED) is 0.763. The molecule has 0 aliphatic rings. The molecule has 0 fully saturated rings. The van der Waals surface area contributed by atoms with Gasteiger partial charge in [0.2, 0.25) is 0 Å². The summed E-state index contributed by atoms with van der Waals surface area (Å²) >= 11 is 3.38. The maximum atomic E-state index is 5.18. The molecule has 0 heterocycles. The number of alkyl halides is 1. The summed E-state index contributed by atoms with van der Waals surface area (Å²) in [6.07, 6.45) is 5.19. The summed E-state index contributed by atoms with van der Waals surface area (Å²) in [5, 5.41) is 0.977. The fourth-order valence-corrected chi connectivity index (χ4v) is 1.47. The highest BCUT2D eigenvalue weighted by Crippen LogP contribution is 2.23. The van der Waals surface area contributed by atoms with Gasteiger partial charge in [0, 0.05) is 11.4 Å². The molecule has 1 aromatic rings. The van der Waals surface area contributed by atoms with Crippen LogP contribution in [0.4, 0.5) is 0 Å². The van der Waals surface area contributed by atoms with Gasteiger partial charge in [0.25, 0.3) is 0 Å². The van der Waals surface area contributed by atoms with Crippen molar-refractivity contribution in [1.29, 1.82) is 0 Å². The van der Waals surface area contributed by atoms with Gasteiger partial charge < -0.3 is 9.47 Å². The van der Waals surface area contributed by atoms with E-state index in [4.69, 9.17) is 9.47 Å². The van der Waals surface area contributed by atoms with Gasteiger partial charge in [-0.2, -0.15) is 0 Å². The molecule has 0 spiro atoms. The van der Waals surface area contributed by atoms with Crippen LogP contribution in [-0.2, 0) is 0 Å². The van der Waals surface area contributed by atoms with Gasteiger partial charge in [0.15, 0.2) is 0 Å². The Hall–Kier alpha value is -0.960. The SMILES string of the molecule is COc1cc(C=CCCBr)cc(OC)c1. The number of benzene rings is 1. The topological polar surface area (TPSA) is 18.5 Å². The number of methoxy groups -OCH3 is 2. The molecule has 3 heteroatoms. The second-order valence-corrected chi connectivity index (χ2v) is 3.82. The molecule has 0 unspecified atom stereocenters. The lowest BCUT2D eigenvalue weighted by Crippen LogP contribution is -1.88. The normalized spacial score (nSPS) is 10.6. The molecule has 0 N–H and O–H groups in total. The van der Waals surface area contributed by atoms with E-state index in [-0.39, 0.29) is 0 Å². The molecule has 0 saturated heterocycles. The number of allylic oxidation sites excluding steroid dienone is 1. The van der Waals surface area contributed by atoms with Gasteiger partial charge in [-0.15, -0.1) is 0 Å². The molecular formula is C12H15BrO2. The van der Waals surface area contributed by atoms with Gasteiger partial charge in [-0.05, 0) is 24.1 Å². The minimum atomic E-state index is 0.813. The van der Waals surface area contributed by atoms with Crippen LogP contribution in [0.2, 0.25) is 0 Å². The van der Waals surface area contributed by atoms with Crippen molar-refractivity contribution in [1.82, 2.24) is 0 Å². The summed E-state index contributed by atoms with van der Waals surface area (Å²) in [6.45, 7) is 0. The monoisotopic (exact) mass is 270 g/mol. The number of halogens is 1. The van der Waals surface area contributed by atoms with Crippen LogP contribution < -0.4 is 9.47 Å². The summed E-state index contributed by atoms with van der Waals surface area (Å²) in [5.74, 6) is 1.63. The fraction of sp³-hybridized carbons (Fsp3) is 0.333. The number of ether oxygens (including phenoxy) is 2. The van der Waals surface area contributed by atoms with Gasteiger partial charge in [-0.25, -0.2) is 0 Å². The van der Waals surface area contributed by atoms with Crippen LogP contribution in [0, 0.1) is 0 Å². The van der Waals surface area contributed by atoms with Crippen molar-refractivity contribution in [2.75, 3.05) is 19.5 Å². The van der Waals surface area contributed by atoms with E-state index in [1.54, 1.807) is 14.2 Å². The molecular weight excluding hydrogens is 256 g/mol. The smallest absolute Gasteiger partial charge is 0.123 e. The summed E-state index contributed by atoms with van der Waals surface area (Å²) in [5.41, 5.74) is 1.09. The van der Waals surface area contributed by atoms with Crippen molar-refractivity contribution in [2.45, 2.75) is 6.42 Å². The summed E-state index contributed by atoms with van der Waals surface area (Å²) in [4.78, 5) is 0. The first kappa shape index (κ1) is 12.1. The molecule has 0 amide bonds. The number of rotatable bonds is 5. The van der Waals surface area contributed by atoms with Gasteiger partial charge in [0.05, 0.1) is 14.2 Å². The molecule has 15 heavy (non-hydrogen) atoms. The van der Waals surface area contributed by atoms with E-state index in [9.17, 15) is 0 Å². The maximum absolute atomic E-state index is 5.18. The van der Waals surface area contributed by atoms with Crippen LogP contribution in [0.25, 0.3) is 6.08 Å². The minimum Gasteiger partial charge on any atom is -0.497 e. The number of hydrogen-bond acceptors (Lipinski definition) is 2. The Balaban J connectivity index is 2.86. The molecule has 0 radical (unpaired) electrons. The van der Waals surface area contributed by atoms with E-state index in [1.165, 1.54) is 0 Å². The summed E-state index contributed by atoms with van der Waals surface area (Å²) in [7, 11) is 3.31. The van der Waals surface area contributed by atoms with E-state index in [0.29, 0.717) is 0 Å². The molecule has 0 aliphatic carbocycles. The van der Waals surface area contributed by atoms with Gasteiger partial charge in [-0.1, -0.05) is 28.1 Å². The molecule has 0 aromatic heterocycles. The van der Waals surface area contributed by atoms with Crippen LogP contribution in [0.5, 0.6) is 11.5 Å². The molecule has 0 aliphatic heterocycles. The molecule has 1 rings (SSSR count). The van der Waals surface area contributed by atoms with Gasteiger partial charge >= 0.3 is 0 Å². The van der Waals surface area contributed by atoms with Crippen LogP contribution >= 0.6 is 15.9 Å². The van der Waals surface area contributed by atoms with Crippen molar-refractivity contribution in [3.05, 3.63) is 29.8 Å². The van der Waals surface area contributed by atoms with Crippen LogP contribution in [0.3, 0.4) is 0 Å². The van der Waals surface area contributed by atoms with Crippen LogP contribution in [-0.4, -0.2) is 19.5 Å². The summed E-state index contributed by atoms with van der Waals surface area (Å²) < 4.78 is 10.4. The van der Waals surface area contributed by atoms with E-state index in [1.807, 2.05) is 18.2 Å². The second-order valence-electron chi connectivity index (χ2n) is 3.03. The first-order valence-corrected chi connectivity index (χ1v) is 5.88. The first-order chi connectivity index (χ1) is 7.30. The van der Waals surface area contributed by atoms with Crippen LogP contribution in [0.1, 0.15) is 12.0 Å². The molecule has 82 valence electrons. The predicted molar refractivity (Wildman–Crippen MR) is 67.0 cm³/mol. The minimum absolute atomic E-state index is 0.813. The third-order valence-corrected chi connectivity index (χ3v) is 2.42. The largest absolute Gasteiger partial charge is 0.497 e. The first-order valence-electron chi connectivity index (χ1n) is 4.75. The highest BCUT2D eigenvalue weighted by Gasteiger charge is 1.98. The lowest BCUT2D eigenvalue weighted by Gasteiger charge is -2.05. The third-order valence-electron chi connectivity index (χ3n) is 1.96. The predicted octanol–water partition coefficient (Wildman–Crippen LogP) is 3.50. The van der Waals surface area contributed by atoms with Gasteiger partial charge in [-0.3, -0.25) is 0 Å². The van der Waals surface area contributed by atoms with Crippen molar-refractivity contribution >= 4 is 22.0 Å². The standard InChI is InChI=1S/C12H15BrO2/c1-14-11-7-10(5-3-4-6-13)8-12(9-11)15-2/h3,5,7-9H,4,6H2,1-2H3. The zero-order chi connectivity index (χ0) is 11.1. The van der Waals surface area contributed by atoms with Crippen LogP contribution in [0.15, 0.2) is 24.3 Å². The van der Waals surface area contributed by atoms with Gasteiger partial charge in [0.1, 0.15) is 11.5 Å². The highest BCUT2D eigenvalue weighted by atomic mass is 79.9. The Kier molecular flexibility index (Phi) is 5.26. The average molecular weight is 271 g/mol. The lowest BCUT2D eigenvalue weighted by atomic mass is 10.2. The zero-order valence-corrected chi connectivity index (χ0v) is 10.6. The molecule has 2 nitrogen and oxygen atoms in total. The molecule has 0 bridgehead atoms. The van der Waals surface area contributed by atoms with Crippen molar-refractivity contribution in [3.8, 4) is 11.5 Å². The molecule has 1 aromatic carbocycles. The second kappa shape index (κ2) is 6.51. The summed E-state index contributed by atoms with van der Waals surface area (Å²) in [6, 6.07) is 5.82. The lowest BCUT2D eigenvalue weighted by molar-refractivity contribution is 0.394. The average Bonchev–Trinajstić information content (AvgIpc) is 2.29.